The van der Waals surface area contributed by atoms with Gasteiger partial charge in [-0.15, -0.1) is 0 Å². The molecule has 0 aromatic heterocycles. The first-order valence-electron chi connectivity index (χ1n) is 5.98. The topological polar surface area (TPSA) is 80.6 Å². The fourth-order valence-corrected chi connectivity index (χ4v) is 2.57. The average molecular weight is 253 g/mol. The molecule has 7 nitrogen and oxygen atoms in total. The van der Waals surface area contributed by atoms with Crippen molar-refractivity contribution >= 4 is 11.9 Å². The zero-order valence-electron chi connectivity index (χ0n) is 10.5. The summed E-state index contributed by atoms with van der Waals surface area (Å²) in [6.45, 7) is 5.36. The molecule has 2 saturated heterocycles. The Morgan fingerprint density at radius 3 is 2.89 bits per heavy atom. The Morgan fingerprint density at radius 2 is 2.22 bits per heavy atom. The molecule has 1 amide bonds. The summed E-state index contributed by atoms with van der Waals surface area (Å²) in [4.78, 5) is 23.5. The molecule has 2 bridgehead atoms. The van der Waals surface area contributed by atoms with Crippen LogP contribution in [0.4, 0.5) is 4.79 Å². The first-order valence-corrected chi connectivity index (χ1v) is 5.98. The minimum Gasteiger partial charge on any atom is -0.442 e. The predicted octanol–water partition coefficient (Wildman–Crippen LogP) is 1.08. The lowest BCUT2D eigenvalue weighted by Crippen LogP contribution is -2.49. The number of nitrogens with zero attached hydrogens (tertiary/aromatic N) is 3. The van der Waals surface area contributed by atoms with Gasteiger partial charge in [-0.05, 0) is 20.8 Å². The molecule has 0 aliphatic carbocycles. The van der Waals surface area contributed by atoms with Gasteiger partial charge < -0.3 is 9.47 Å². The molecule has 2 fully saturated rings. The zero-order chi connectivity index (χ0) is 13.1. The van der Waals surface area contributed by atoms with E-state index in [-0.39, 0.29) is 24.0 Å². The minimum atomic E-state index is -0.584. The van der Waals surface area contributed by atoms with Crippen LogP contribution in [0.5, 0.6) is 0 Å². The lowest BCUT2D eigenvalue weighted by Gasteiger charge is -2.27. The fourth-order valence-electron chi connectivity index (χ4n) is 2.57. The molecule has 3 aliphatic rings. The van der Waals surface area contributed by atoms with Crippen molar-refractivity contribution in [1.29, 1.82) is 0 Å². The van der Waals surface area contributed by atoms with Crippen LogP contribution in [0.1, 0.15) is 27.2 Å². The number of amides is 1. The van der Waals surface area contributed by atoms with E-state index in [1.54, 1.807) is 20.8 Å². The van der Waals surface area contributed by atoms with Crippen LogP contribution in [0.25, 0.3) is 0 Å². The van der Waals surface area contributed by atoms with Crippen molar-refractivity contribution in [2.75, 3.05) is 0 Å². The maximum Gasteiger partial charge on any atom is 0.432 e. The van der Waals surface area contributed by atoms with Crippen LogP contribution in [0.3, 0.4) is 0 Å². The van der Waals surface area contributed by atoms with Crippen molar-refractivity contribution in [1.82, 2.24) is 5.01 Å². The van der Waals surface area contributed by atoms with E-state index in [4.69, 9.17) is 9.47 Å². The Morgan fingerprint density at radius 1 is 1.50 bits per heavy atom. The van der Waals surface area contributed by atoms with E-state index in [1.807, 2.05) is 0 Å². The predicted molar refractivity (Wildman–Crippen MR) is 58.8 cm³/mol. The van der Waals surface area contributed by atoms with Crippen LogP contribution in [-0.4, -0.2) is 46.8 Å². The highest BCUT2D eigenvalue weighted by Crippen LogP contribution is 2.41. The van der Waals surface area contributed by atoms with Crippen molar-refractivity contribution in [2.45, 2.75) is 57.1 Å². The van der Waals surface area contributed by atoms with Gasteiger partial charge in [0.1, 0.15) is 23.8 Å². The Bertz CT molecular complexity index is 442. The highest BCUT2D eigenvalue weighted by atomic mass is 16.6. The van der Waals surface area contributed by atoms with Gasteiger partial charge in [0.15, 0.2) is 5.78 Å². The van der Waals surface area contributed by atoms with Gasteiger partial charge in [-0.2, -0.15) is 10.1 Å². The van der Waals surface area contributed by atoms with Gasteiger partial charge in [-0.3, -0.25) is 4.79 Å². The summed E-state index contributed by atoms with van der Waals surface area (Å²) < 4.78 is 10.8. The van der Waals surface area contributed by atoms with Crippen LogP contribution < -0.4 is 0 Å². The second-order valence-electron chi connectivity index (χ2n) is 5.78. The SMILES string of the molecule is CC(C)(C)OC(=O)N1N=N[C@@H]2[C@H]1[C@H]1CC(=O)[C@@H]2O1. The molecule has 4 atom stereocenters. The third-order valence-electron chi connectivity index (χ3n) is 3.23. The monoisotopic (exact) mass is 253 g/mol. The average Bonchev–Trinajstić information content (AvgIpc) is 2.82. The zero-order valence-corrected chi connectivity index (χ0v) is 10.5. The van der Waals surface area contributed by atoms with Crippen molar-refractivity contribution < 1.29 is 19.1 Å². The molecule has 3 aliphatic heterocycles. The van der Waals surface area contributed by atoms with Gasteiger partial charge >= 0.3 is 6.09 Å². The fraction of sp³-hybridized carbons (Fsp3) is 0.818. The van der Waals surface area contributed by atoms with Gasteiger partial charge in [-0.1, -0.05) is 5.22 Å². The molecule has 0 aromatic carbocycles. The number of rotatable bonds is 0. The summed E-state index contributed by atoms with van der Waals surface area (Å²) in [6.07, 6.45) is -1.04. The van der Waals surface area contributed by atoms with E-state index in [9.17, 15) is 9.59 Å². The lowest BCUT2D eigenvalue weighted by atomic mass is 9.90. The van der Waals surface area contributed by atoms with Crippen LogP contribution >= 0.6 is 0 Å². The molecule has 98 valence electrons. The molecule has 0 spiro atoms. The number of fused-ring (bicyclic) bond motifs is 5. The van der Waals surface area contributed by atoms with E-state index in [2.05, 4.69) is 10.3 Å². The molecule has 0 N–H and O–H groups in total. The maximum absolute atomic E-state index is 12.0. The summed E-state index contributed by atoms with van der Waals surface area (Å²) in [7, 11) is 0. The first-order chi connectivity index (χ1) is 8.37. The second-order valence-corrected chi connectivity index (χ2v) is 5.78. The standard InChI is InChI=1S/C11H15N3O4/c1-11(2,3)18-10(16)14-8-6-4-5(15)9(17-6)7(8)12-13-14/h6-9H,4H2,1-3H3/t6-,7-,8-,9+/m1/s1. The number of ketones is 1. The maximum atomic E-state index is 12.0. The van der Waals surface area contributed by atoms with E-state index in [0.29, 0.717) is 6.42 Å². The largest absolute Gasteiger partial charge is 0.442 e. The number of Topliss-reactive ketones (excluding diaryl/α,β-unsaturated/α-hetero) is 1. The summed E-state index contributed by atoms with van der Waals surface area (Å²) in [5, 5.41) is 9.01. The van der Waals surface area contributed by atoms with Crippen LogP contribution in [-0.2, 0) is 14.3 Å². The van der Waals surface area contributed by atoms with Crippen LogP contribution in [0.2, 0.25) is 0 Å². The number of carbonyl (C=O) groups is 2. The highest BCUT2D eigenvalue weighted by molar-refractivity contribution is 5.88. The third-order valence-corrected chi connectivity index (χ3v) is 3.23. The third kappa shape index (κ3) is 1.61. The van der Waals surface area contributed by atoms with Crippen LogP contribution in [0.15, 0.2) is 10.3 Å². The van der Waals surface area contributed by atoms with E-state index in [0.717, 1.165) is 0 Å². The Balaban J connectivity index is 1.76. The Hall–Kier alpha value is -1.50. The smallest absolute Gasteiger partial charge is 0.432 e. The molecule has 0 radical (unpaired) electrons. The molecule has 3 rings (SSSR count). The van der Waals surface area contributed by atoms with E-state index < -0.39 is 17.8 Å². The van der Waals surface area contributed by atoms with Crippen molar-refractivity contribution in [3.05, 3.63) is 0 Å². The highest BCUT2D eigenvalue weighted by Gasteiger charge is 2.60. The summed E-state index contributed by atoms with van der Waals surface area (Å²) in [5.74, 6) is 0.0474. The van der Waals surface area contributed by atoms with Gasteiger partial charge in [0, 0.05) is 6.42 Å². The molecule has 3 heterocycles. The quantitative estimate of drug-likeness (QED) is 0.647. The summed E-state index contributed by atoms with van der Waals surface area (Å²) in [5.41, 5.74) is -0.584. The van der Waals surface area contributed by atoms with Crippen molar-refractivity contribution in [3.63, 3.8) is 0 Å². The summed E-state index contributed by atoms with van der Waals surface area (Å²) >= 11 is 0. The lowest BCUT2D eigenvalue weighted by molar-refractivity contribution is -0.122. The molecule has 0 aromatic rings. The van der Waals surface area contributed by atoms with Gasteiger partial charge in [0.2, 0.25) is 0 Å². The Kier molecular flexibility index (Phi) is 2.25. The molecular formula is C11H15N3O4. The normalized spacial score (nSPS) is 37.3. The van der Waals surface area contributed by atoms with Gasteiger partial charge in [0.05, 0.1) is 6.10 Å². The number of carbonyl (C=O) groups excluding carboxylic acids is 2. The van der Waals surface area contributed by atoms with Gasteiger partial charge in [-0.25, -0.2) is 4.79 Å². The van der Waals surface area contributed by atoms with Crippen molar-refractivity contribution in [3.8, 4) is 0 Å². The molecular weight excluding hydrogens is 238 g/mol. The first kappa shape index (κ1) is 11.6. The minimum absolute atomic E-state index is 0.0474. The molecule has 0 unspecified atom stereocenters. The molecule has 0 saturated carbocycles. The number of hydrogen-bond donors (Lipinski definition) is 0. The number of ether oxygens (including phenoxy) is 2. The van der Waals surface area contributed by atoms with Crippen LogP contribution in [0, 0.1) is 0 Å². The van der Waals surface area contributed by atoms with E-state index >= 15 is 0 Å². The van der Waals surface area contributed by atoms with Gasteiger partial charge in [0.25, 0.3) is 0 Å². The number of hydrogen-bond acceptors (Lipinski definition) is 6. The Labute approximate surface area is 104 Å². The summed E-state index contributed by atoms with van der Waals surface area (Å²) in [6, 6.07) is -0.647. The molecule has 7 heteroatoms. The van der Waals surface area contributed by atoms with E-state index in [1.165, 1.54) is 5.01 Å². The second kappa shape index (κ2) is 3.50. The van der Waals surface area contributed by atoms with Crippen molar-refractivity contribution in [2.24, 2.45) is 10.3 Å². The molecule has 18 heavy (non-hydrogen) atoms.